The SMILES string of the molecule is CCCOCc1nc(NC)cc(-c2cnn(C)c2)n1. The number of nitrogens with one attached hydrogen (secondary N) is 1. The molecule has 6 heteroatoms. The van der Waals surface area contributed by atoms with Gasteiger partial charge in [0.2, 0.25) is 0 Å². The third kappa shape index (κ3) is 3.51. The van der Waals surface area contributed by atoms with E-state index in [4.69, 9.17) is 4.74 Å². The molecule has 2 rings (SSSR count). The summed E-state index contributed by atoms with van der Waals surface area (Å²) >= 11 is 0. The molecule has 0 aliphatic heterocycles. The maximum Gasteiger partial charge on any atom is 0.157 e. The molecule has 0 amide bonds. The largest absolute Gasteiger partial charge is 0.373 e. The third-order valence-electron chi connectivity index (χ3n) is 2.61. The van der Waals surface area contributed by atoms with Gasteiger partial charge in [-0.15, -0.1) is 0 Å². The Morgan fingerprint density at radius 1 is 1.37 bits per heavy atom. The average molecular weight is 261 g/mol. The van der Waals surface area contributed by atoms with Crippen LogP contribution in [0.5, 0.6) is 0 Å². The number of aromatic nitrogens is 4. The molecule has 0 unspecified atom stereocenters. The van der Waals surface area contributed by atoms with Gasteiger partial charge in [-0.25, -0.2) is 9.97 Å². The standard InChI is InChI=1S/C13H19N5O/c1-4-5-19-9-13-16-11(6-12(14-2)17-13)10-7-15-18(3)8-10/h6-8H,4-5,9H2,1-3H3,(H,14,16,17). The minimum Gasteiger partial charge on any atom is -0.373 e. The van der Waals surface area contributed by atoms with E-state index in [0.717, 1.165) is 30.1 Å². The minimum atomic E-state index is 0.427. The molecular weight excluding hydrogens is 242 g/mol. The van der Waals surface area contributed by atoms with Crippen molar-refractivity contribution in [2.75, 3.05) is 19.0 Å². The molecular formula is C13H19N5O. The highest BCUT2D eigenvalue weighted by molar-refractivity contribution is 5.60. The van der Waals surface area contributed by atoms with Crippen molar-refractivity contribution >= 4 is 5.82 Å². The van der Waals surface area contributed by atoms with E-state index in [1.807, 2.05) is 26.4 Å². The molecule has 0 spiro atoms. The van der Waals surface area contributed by atoms with E-state index in [1.54, 1.807) is 10.9 Å². The van der Waals surface area contributed by atoms with Gasteiger partial charge in [-0.1, -0.05) is 6.92 Å². The molecule has 0 atom stereocenters. The summed E-state index contributed by atoms with van der Waals surface area (Å²) in [5.41, 5.74) is 1.82. The van der Waals surface area contributed by atoms with Crippen molar-refractivity contribution in [1.29, 1.82) is 0 Å². The molecule has 6 nitrogen and oxygen atoms in total. The number of aryl methyl sites for hydroxylation is 1. The van der Waals surface area contributed by atoms with Crippen molar-refractivity contribution in [3.05, 3.63) is 24.3 Å². The summed E-state index contributed by atoms with van der Waals surface area (Å²) in [7, 11) is 3.72. The zero-order valence-corrected chi connectivity index (χ0v) is 11.6. The van der Waals surface area contributed by atoms with E-state index in [1.165, 1.54) is 0 Å². The van der Waals surface area contributed by atoms with Gasteiger partial charge in [-0.05, 0) is 6.42 Å². The van der Waals surface area contributed by atoms with Crippen molar-refractivity contribution in [2.45, 2.75) is 20.0 Å². The second-order valence-electron chi connectivity index (χ2n) is 4.26. The van der Waals surface area contributed by atoms with Crippen LogP contribution in [0.2, 0.25) is 0 Å². The molecule has 0 saturated carbocycles. The van der Waals surface area contributed by atoms with E-state index in [9.17, 15) is 0 Å². The molecule has 2 heterocycles. The molecule has 0 aliphatic rings. The summed E-state index contributed by atoms with van der Waals surface area (Å²) in [6.45, 7) is 3.22. The van der Waals surface area contributed by atoms with Gasteiger partial charge in [-0.3, -0.25) is 4.68 Å². The summed E-state index contributed by atoms with van der Waals surface area (Å²) in [5.74, 6) is 1.46. The normalized spacial score (nSPS) is 10.7. The topological polar surface area (TPSA) is 64.9 Å². The number of ether oxygens (including phenoxy) is 1. The van der Waals surface area contributed by atoms with Gasteiger partial charge in [0.1, 0.15) is 12.4 Å². The van der Waals surface area contributed by atoms with Crippen LogP contribution >= 0.6 is 0 Å². The molecule has 19 heavy (non-hydrogen) atoms. The fourth-order valence-corrected chi connectivity index (χ4v) is 1.70. The average Bonchev–Trinajstić information content (AvgIpc) is 2.85. The lowest BCUT2D eigenvalue weighted by atomic mass is 10.2. The first-order valence-corrected chi connectivity index (χ1v) is 6.35. The van der Waals surface area contributed by atoms with Gasteiger partial charge < -0.3 is 10.1 Å². The summed E-state index contributed by atoms with van der Waals surface area (Å²) in [4.78, 5) is 8.89. The van der Waals surface area contributed by atoms with Crippen LogP contribution in [0.4, 0.5) is 5.82 Å². The van der Waals surface area contributed by atoms with Crippen LogP contribution in [0, 0.1) is 0 Å². The maximum atomic E-state index is 5.49. The Hall–Kier alpha value is -1.95. The second-order valence-corrected chi connectivity index (χ2v) is 4.26. The van der Waals surface area contributed by atoms with Gasteiger partial charge in [0.15, 0.2) is 5.82 Å². The van der Waals surface area contributed by atoms with Crippen LogP contribution in [-0.4, -0.2) is 33.4 Å². The predicted molar refractivity (Wildman–Crippen MR) is 73.7 cm³/mol. The van der Waals surface area contributed by atoms with Crippen LogP contribution in [0.1, 0.15) is 19.2 Å². The van der Waals surface area contributed by atoms with Crippen molar-refractivity contribution in [3.8, 4) is 11.3 Å². The van der Waals surface area contributed by atoms with Crippen LogP contribution in [0.3, 0.4) is 0 Å². The van der Waals surface area contributed by atoms with Crippen molar-refractivity contribution in [3.63, 3.8) is 0 Å². The molecule has 0 radical (unpaired) electrons. The number of hydrogen-bond donors (Lipinski definition) is 1. The Morgan fingerprint density at radius 3 is 2.84 bits per heavy atom. The second kappa shape index (κ2) is 6.29. The van der Waals surface area contributed by atoms with Gasteiger partial charge in [0.05, 0.1) is 11.9 Å². The highest BCUT2D eigenvalue weighted by Gasteiger charge is 2.07. The molecule has 0 saturated heterocycles. The first kappa shape index (κ1) is 13.5. The van der Waals surface area contributed by atoms with Gasteiger partial charge in [-0.2, -0.15) is 5.10 Å². The fraction of sp³-hybridized carbons (Fsp3) is 0.462. The Labute approximate surface area is 112 Å². The summed E-state index contributed by atoms with van der Waals surface area (Å²) in [5, 5.41) is 7.20. The Bertz CT molecular complexity index is 538. The fourth-order valence-electron chi connectivity index (χ4n) is 1.70. The van der Waals surface area contributed by atoms with Gasteiger partial charge in [0, 0.05) is 38.5 Å². The quantitative estimate of drug-likeness (QED) is 0.804. The van der Waals surface area contributed by atoms with E-state index < -0.39 is 0 Å². The lowest BCUT2D eigenvalue weighted by Gasteiger charge is -2.07. The molecule has 1 N–H and O–H groups in total. The van der Waals surface area contributed by atoms with E-state index >= 15 is 0 Å². The van der Waals surface area contributed by atoms with E-state index in [0.29, 0.717) is 12.4 Å². The molecule has 2 aromatic heterocycles. The zero-order chi connectivity index (χ0) is 13.7. The first-order chi connectivity index (χ1) is 9.22. The molecule has 0 bridgehead atoms. The summed E-state index contributed by atoms with van der Waals surface area (Å²) in [6, 6.07) is 1.90. The Morgan fingerprint density at radius 2 is 2.21 bits per heavy atom. The number of nitrogens with zero attached hydrogens (tertiary/aromatic N) is 4. The molecule has 0 fully saturated rings. The van der Waals surface area contributed by atoms with E-state index in [2.05, 4.69) is 27.3 Å². The molecule has 102 valence electrons. The number of anilines is 1. The van der Waals surface area contributed by atoms with Crippen LogP contribution in [0.25, 0.3) is 11.3 Å². The van der Waals surface area contributed by atoms with Crippen molar-refractivity contribution in [1.82, 2.24) is 19.7 Å². The summed E-state index contributed by atoms with van der Waals surface area (Å²) in [6.07, 6.45) is 4.71. The third-order valence-corrected chi connectivity index (χ3v) is 2.61. The summed E-state index contributed by atoms with van der Waals surface area (Å²) < 4.78 is 7.24. The lowest BCUT2D eigenvalue weighted by Crippen LogP contribution is -2.04. The van der Waals surface area contributed by atoms with Crippen LogP contribution in [0.15, 0.2) is 18.5 Å². The minimum absolute atomic E-state index is 0.427. The Balaban J connectivity index is 2.25. The highest BCUT2D eigenvalue weighted by Crippen LogP contribution is 2.19. The smallest absolute Gasteiger partial charge is 0.157 e. The zero-order valence-electron chi connectivity index (χ0n) is 11.6. The maximum absolute atomic E-state index is 5.49. The highest BCUT2D eigenvalue weighted by atomic mass is 16.5. The first-order valence-electron chi connectivity index (χ1n) is 6.35. The molecule has 0 aliphatic carbocycles. The van der Waals surface area contributed by atoms with Crippen LogP contribution < -0.4 is 5.32 Å². The predicted octanol–water partition coefficient (Wildman–Crippen LogP) is 1.85. The monoisotopic (exact) mass is 261 g/mol. The van der Waals surface area contributed by atoms with Crippen molar-refractivity contribution in [2.24, 2.45) is 7.05 Å². The van der Waals surface area contributed by atoms with Gasteiger partial charge in [0.25, 0.3) is 0 Å². The number of rotatable bonds is 6. The van der Waals surface area contributed by atoms with Gasteiger partial charge >= 0.3 is 0 Å². The lowest BCUT2D eigenvalue weighted by molar-refractivity contribution is 0.116. The van der Waals surface area contributed by atoms with E-state index in [-0.39, 0.29) is 0 Å². The van der Waals surface area contributed by atoms with Crippen LogP contribution in [-0.2, 0) is 18.4 Å². The number of hydrogen-bond acceptors (Lipinski definition) is 5. The molecule has 2 aromatic rings. The molecule has 0 aromatic carbocycles. The van der Waals surface area contributed by atoms with Crippen molar-refractivity contribution < 1.29 is 4.74 Å². The Kier molecular flexibility index (Phi) is 4.46.